The maximum Gasteiger partial charge on any atom is 0.272 e. The van der Waals surface area contributed by atoms with E-state index in [2.05, 4.69) is 10.3 Å². The zero-order valence-corrected chi connectivity index (χ0v) is 16.4. The first-order valence-electron chi connectivity index (χ1n) is 9.46. The normalized spacial score (nSPS) is 16.9. The first-order valence-corrected chi connectivity index (χ1v) is 9.84. The Morgan fingerprint density at radius 3 is 2.75 bits per heavy atom. The Kier molecular flexibility index (Phi) is 5.09. The Hall–Kier alpha value is -2.79. The quantitative estimate of drug-likeness (QED) is 0.708. The monoisotopic (exact) mass is 395 g/mol. The van der Waals surface area contributed by atoms with Crippen LogP contribution in [0.2, 0.25) is 5.02 Å². The van der Waals surface area contributed by atoms with Crippen LogP contribution < -0.4 is 15.8 Å². The summed E-state index contributed by atoms with van der Waals surface area (Å²) in [6.45, 7) is 1.26. The lowest BCUT2D eigenvalue weighted by Crippen LogP contribution is -2.44. The smallest absolute Gasteiger partial charge is 0.272 e. The molecule has 2 heterocycles. The topological polar surface area (TPSA) is 65.2 Å². The van der Waals surface area contributed by atoms with Crippen LogP contribution in [0, 0.1) is 5.92 Å². The summed E-state index contributed by atoms with van der Waals surface area (Å²) in [5, 5.41) is 4.25. The van der Waals surface area contributed by atoms with Gasteiger partial charge in [0.1, 0.15) is 5.69 Å². The van der Waals surface area contributed by atoms with Gasteiger partial charge in [0.2, 0.25) is 5.91 Å². The number of piperidine rings is 1. The highest BCUT2D eigenvalue weighted by molar-refractivity contribution is 6.31. The molecule has 144 valence electrons. The third-order valence-electron chi connectivity index (χ3n) is 5.37. The second-order valence-corrected chi connectivity index (χ2v) is 7.57. The number of pyridine rings is 1. The summed E-state index contributed by atoms with van der Waals surface area (Å²) in [7, 11) is 1.65. The number of anilines is 1. The van der Waals surface area contributed by atoms with Gasteiger partial charge in [0.25, 0.3) is 5.56 Å². The lowest BCUT2D eigenvalue weighted by molar-refractivity contribution is -0.124. The zero-order valence-electron chi connectivity index (χ0n) is 15.7. The van der Waals surface area contributed by atoms with Crippen molar-refractivity contribution in [2.45, 2.75) is 12.8 Å². The number of aromatic nitrogens is 1. The number of fused-ring (bicyclic) bond motifs is 1. The second kappa shape index (κ2) is 7.68. The molecule has 2 aromatic carbocycles. The van der Waals surface area contributed by atoms with E-state index in [1.165, 1.54) is 0 Å². The first kappa shape index (κ1) is 18.6. The molecule has 28 heavy (non-hydrogen) atoms. The van der Waals surface area contributed by atoms with E-state index < -0.39 is 0 Å². The van der Waals surface area contributed by atoms with E-state index in [0.29, 0.717) is 17.3 Å². The van der Waals surface area contributed by atoms with Gasteiger partial charge < -0.3 is 15.2 Å². The molecule has 0 aliphatic carbocycles. The van der Waals surface area contributed by atoms with Gasteiger partial charge in [-0.2, -0.15) is 0 Å². The SMILES string of the molecule is CNC(=O)[C@H]1CCCN(c2c(-c3ccccc3)c3cc(Cl)ccc3[nH]c2=O)C1. The van der Waals surface area contributed by atoms with Crippen molar-refractivity contribution in [3.8, 4) is 11.1 Å². The Bertz CT molecular complexity index is 1080. The number of H-pyrrole nitrogens is 1. The maximum atomic E-state index is 13.1. The molecule has 2 N–H and O–H groups in total. The average molecular weight is 396 g/mol. The Morgan fingerprint density at radius 1 is 1.21 bits per heavy atom. The highest BCUT2D eigenvalue weighted by atomic mass is 35.5. The summed E-state index contributed by atoms with van der Waals surface area (Å²) in [6, 6.07) is 15.4. The number of amides is 1. The van der Waals surface area contributed by atoms with Crippen LogP contribution in [0.25, 0.3) is 22.0 Å². The molecule has 1 fully saturated rings. The lowest BCUT2D eigenvalue weighted by Gasteiger charge is -2.34. The molecule has 0 radical (unpaired) electrons. The van der Waals surface area contributed by atoms with Crippen molar-refractivity contribution in [1.29, 1.82) is 0 Å². The summed E-state index contributed by atoms with van der Waals surface area (Å²) in [4.78, 5) is 30.4. The number of benzene rings is 2. The summed E-state index contributed by atoms with van der Waals surface area (Å²) in [5.41, 5.74) is 3.02. The van der Waals surface area contributed by atoms with Gasteiger partial charge in [-0.1, -0.05) is 41.9 Å². The minimum absolute atomic E-state index is 0.0197. The van der Waals surface area contributed by atoms with E-state index >= 15 is 0 Å². The zero-order chi connectivity index (χ0) is 19.7. The van der Waals surface area contributed by atoms with Gasteiger partial charge in [-0.15, -0.1) is 0 Å². The number of nitrogens with one attached hydrogen (secondary N) is 2. The molecule has 1 aromatic heterocycles. The Labute approximate surface area is 168 Å². The molecular formula is C22H22ClN3O2. The van der Waals surface area contributed by atoms with Crippen molar-refractivity contribution in [2.24, 2.45) is 5.92 Å². The first-order chi connectivity index (χ1) is 13.6. The van der Waals surface area contributed by atoms with Crippen molar-refractivity contribution in [3.63, 3.8) is 0 Å². The van der Waals surface area contributed by atoms with Crippen LogP contribution in [0.4, 0.5) is 5.69 Å². The summed E-state index contributed by atoms with van der Waals surface area (Å²) in [5.74, 6) is -0.108. The van der Waals surface area contributed by atoms with Crippen LogP contribution in [0.5, 0.6) is 0 Å². The van der Waals surface area contributed by atoms with E-state index in [1.807, 2.05) is 47.4 Å². The van der Waals surface area contributed by atoms with E-state index in [-0.39, 0.29) is 17.4 Å². The molecule has 0 bridgehead atoms. The average Bonchev–Trinajstić information content (AvgIpc) is 2.73. The molecule has 1 aliphatic rings. The molecule has 0 saturated carbocycles. The highest BCUT2D eigenvalue weighted by Crippen LogP contribution is 2.36. The fourth-order valence-corrected chi connectivity index (χ4v) is 4.22. The minimum Gasteiger partial charge on any atom is -0.366 e. The number of aromatic amines is 1. The van der Waals surface area contributed by atoms with Crippen molar-refractivity contribution < 1.29 is 4.79 Å². The molecule has 3 aromatic rings. The molecule has 6 heteroatoms. The third kappa shape index (κ3) is 3.38. The number of hydrogen-bond donors (Lipinski definition) is 2. The largest absolute Gasteiger partial charge is 0.366 e. The highest BCUT2D eigenvalue weighted by Gasteiger charge is 2.29. The fourth-order valence-electron chi connectivity index (χ4n) is 4.05. The number of carbonyl (C=O) groups excluding carboxylic acids is 1. The lowest BCUT2D eigenvalue weighted by atomic mass is 9.94. The van der Waals surface area contributed by atoms with E-state index in [4.69, 9.17) is 11.6 Å². The van der Waals surface area contributed by atoms with E-state index in [0.717, 1.165) is 41.4 Å². The number of halogens is 1. The molecule has 1 saturated heterocycles. The van der Waals surface area contributed by atoms with Crippen LogP contribution >= 0.6 is 11.6 Å². The van der Waals surface area contributed by atoms with Crippen molar-refractivity contribution in [1.82, 2.24) is 10.3 Å². The predicted octanol–water partition coefficient (Wildman–Crippen LogP) is 3.81. The minimum atomic E-state index is -0.147. The van der Waals surface area contributed by atoms with Gasteiger partial charge >= 0.3 is 0 Å². The second-order valence-electron chi connectivity index (χ2n) is 7.13. The molecular weight excluding hydrogens is 374 g/mol. The maximum absolute atomic E-state index is 13.1. The third-order valence-corrected chi connectivity index (χ3v) is 5.60. The Morgan fingerprint density at radius 2 is 2.00 bits per heavy atom. The molecule has 1 atom stereocenters. The summed E-state index contributed by atoms with van der Waals surface area (Å²) < 4.78 is 0. The number of nitrogens with zero attached hydrogens (tertiary/aromatic N) is 1. The van der Waals surface area contributed by atoms with Gasteiger partial charge in [-0.05, 0) is 36.6 Å². The van der Waals surface area contributed by atoms with E-state index in [9.17, 15) is 9.59 Å². The molecule has 5 nitrogen and oxygen atoms in total. The van der Waals surface area contributed by atoms with Gasteiger partial charge in [0.15, 0.2) is 0 Å². The fraction of sp³-hybridized carbons (Fsp3) is 0.273. The van der Waals surface area contributed by atoms with Crippen molar-refractivity contribution in [2.75, 3.05) is 25.0 Å². The van der Waals surface area contributed by atoms with Gasteiger partial charge in [0.05, 0.1) is 5.92 Å². The number of hydrogen-bond acceptors (Lipinski definition) is 3. The van der Waals surface area contributed by atoms with Crippen LogP contribution in [-0.2, 0) is 4.79 Å². The van der Waals surface area contributed by atoms with Gasteiger partial charge in [-0.3, -0.25) is 9.59 Å². The van der Waals surface area contributed by atoms with Crippen LogP contribution in [-0.4, -0.2) is 31.0 Å². The molecule has 1 aliphatic heterocycles. The van der Waals surface area contributed by atoms with Crippen LogP contribution in [0.1, 0.15) is 12.8 Å². The molecule has 0 unspecified atom stereocenters. The van der Waals surface area contributed by atoms with Crippen LogP contribution in [0.3, 0.4) is 0 Å². The number of carbonyl (C=O) groups is 1. The molecule has 0 spiro atoms. The van der Waals surface area contributed by atoms with Crippen molar-refractivity contribution >= 4 is 34.1 Å². The number of rotatable bonds is 3. The van der Waals surface area contributed by atoms with Gasteiger partial charge in [-0.25, -0.2) is 0 Å². The molecule has 1 amide bonds. The summed E-state index contributed by atoms with van der Waals surface area (Å²) in [6.07, 6.45) is 1.69. The Balaban J connectivity index is 1.94. The molecule has 4 rings (SSSR count). The van der Waals surface area contributed by atoms with E-state index in [1.54, 1.807) is 13.1 Å². The van der Waals surface area contributed by atoms with Crippen molar-refractivity contribution in [3.05, 3.63) is 63.9 Å². The van der Waals surface area contributed by atoms with Crippen LogP contribution in [0.15, 0.2) is 53.3 Å². The predicted molar refractivity (Wildman–Crippen MR) is 114 cm³/mol. The summed E-state index contributed by atoms with van der Waals surface area (Å²) >= 11 is 6.28. The standard InChI is InChI=1S/C22H22ClN3O2/c1-24-21(27)15-8-5-11-26(13-15)20-19(14-6-3-2-4-7-14)17-12-16(23)9-10-18(17)25-22(20)28/h2-4,6-7,9-10,12,15H,5,8,11,13H2,1H3,(H,24,27)(H,25,28)/t15-/m0/s1. The van der Waals surface area contributed by atoms with Gasteiger partial charge in [0, 0.05) is 41.6 Å².